The quantitative estimate of drug-likeness (QED) is 0.866. The average molecular weight is 259 g/mol. The van der Waals surface area contributed by atoms with E-state index in [1.807, 2.05) is 25.1 Å². The van der Waals surface area contributed by atoms with Gasteiger partial charge in [-0.05, 0) is 31.2 Å². The van der Waals surface area contributed by atoms with Crippen molar-refractivity contribution in [2.45, 2.75) is 13.3 Å². The number of aromatic nitrogens is 2. The molecule has 1 aromatic carbocycles. The van der Waals surface area contributed by atoms with E-state index in [1.54, 1.807) is 7.11 Å². The van der Waals surface area contributed by atoms with E-state index >= 15 is 0 Å². The first-order valence-electron chi connectivity index (χ1n) is 6.09. The third kappa shape index (κ3) is 3.00. The number of hydrogen-bond donors (Lipinski definition) is 2. The zero-order valence-electron chi connectivity index (χ0n) is 11.1. The molecule has 100 valence electrons. The van der Waals surface area contributed by atoms with Gasteiger partial charge in [-0.3, -0.25) is 4.79 Å². The van der Waals surface area contributed by atoms with Crippen molar-refractivity contribution in [3.63, 3.8) is 0 Å². The summed E-state index contributed by atoms with van der Waals surface area (Å²) < 4.78 is 5.34. The Labute approximate surface area is 111 Å². The predicted molar refractivity (Wildman–Crippen MR) is 74.3 cm³/mol. The zero-order chi connectivity index (χ0) is 13.8. The van der Waals surface area contributed by atoms with Gasteiger partial charge < -0.3 is 15.5 Å². The van der Waals surface area contributed by atoms with Crippen molar-refractivity contribution in [1.29, 1.82) is 0 Å². The van der Waals surface area contributed by atoms with Crippen LogP contribution in [0.1, 0.15) is 11.4 Å². The molecule has 2 rings (SSSR count). The Hall–Kier alpha value is -2.14. The summed E-state index contributed by atoms with van der Waals surface area (Å²) >= 11 is 0. The Bertz CT molecular complexity index is 635. The molecule has 0 saturated heterocycles. The monoisotopic (exact) mass is 259 g/mol. The van der Waals surface area contributed by atoms with Crippen LogP contribution in [0.3, 0.4) is 0 Å². The Balaban J connectivity index is 2.55. The number of nitrogens with one attached hydrogen (secondary N) is 1. The molecule has 0 bridgehead atoms. The number of H-pyrrole nitrogens is 1. The van der Waals surface area contributed by atoms with Crippen LogP contribution in [0.25, 0.3) is 11.3 Å². The van der Waals surface area contributed by atoms with Crippen LogP contribution in [0.5, 0.6) is 5.75 Å². The van der Waals surface area contributed by atoms with Crippen molar-refractivity contribution in [3.05, 3.63) is 46.0 Å². The van der Waals surface area contributed by atoms with Crippen LogP contribution in [0, 0.1) is 6.92 Å². The Morgan fingerprint density at radius 2 is 2.16 bits per heavy atom. The third-order valence-electron chi connectivity index (χ3n) is 2.80. The number of aromatic amines is 1. The third-order valence-corrected chi connectivity index (χ3v) is 2.80. The van der Waals surface area contributed by atoms with Crippen molar-refractivity contribution in [1.82, 2.24) is 9.97 Å². The highest BCUT2D eigenvalue weighted by Gasteiger charge is 2.09. The molecule has 5 nitrogen and oxygen atoms in total. The maximum Gasteiger partial charge on any atom is 0.251 e. The van der Waals surface area contributed by atoms with Gasteiger partial charge in [0, 0.05) is 18.1 Å². The minimum absolute atomic E-state index is 0.184. The smallest absolute Gasteiger partial charge is 0.251 e. The van der Waals surface area contributed by atoms with Crippen LogP contribution in [-0.4, -0.2) is 23.6 Å². The molecule has 1 aromatic heterocycles. The van der Waals surface area contributed by atoms with Crippen LogP contribution in [0.15, 0.2) is 29.1 Å². The molecule has 0 aliphatic carbocycles. The summed E-state index contributed by atoms with van der Waals surface area (Å²) in [5.74, 6) is 1.30. The van der Waals surface area contributed by atoms with Crippen LogP contribution in [-0.2, 0) is 6.42 Å². The van der Waals surface area contributed by atoms with Gasteiger partial charge in [0.15, 0.2) is 0 Å². The normalized spacial score (nSPS) is 10.5. The lowest BCUT2D eigenvalue weighted by molar-refractivity contribution is 0.416. The molecule has 5 heteroatoms. The Kier molecular flexibility index (Phi) is 3.97. The number of nitrogens with zero attached hydrogens (tertiary/aromatic N) is 1. The second kappa shape index (κ2) is 5.67. The number of rotatable bonds is 4. The van der Waals surface area contributed by atoms with Gasteiger partial charge in [0.1, 0.15) is 11.6 Å². The molecule has 1 heterocycles. The van der Waals surface area contributed by atoms with Gasteiger partial charge >= 0.3 is 0 Å². The summed E-state index contributed by atoms with van der Waals surface area (Å²) in [5, 5.41) is 0. The summed E-state index contributed by atoms with van der Waals surface area (Å²) in [5.41, 5.74) is 7.80. The van der Waals surface area contributed by atoms with Crippen LogP contribution >= 0.6 is 0 Å². The molecule has 0 radical (unpaired) electrons. The molecule has 2 aromatic rings. The number of ether oxygens (including phenoxy) is 1. The SMILES string of the molecule is COc1cc(C)ccc1-c1cc(=O)[nH]c(CCN)n1. The summed E-state index contributed by atoms with van der Waals surface area (Å²) in [6.45, 7) is 2.43. The maximum absolute atomic E-state index is 11.6. The number of methoxy groups -OCH3 is 1. The summed E-state index contributed by atoms with van der Waals surface area (Å²) in [6, 6.07) is 7.25. The fourth-order valence-electron chi connectivity index (χ4n) is 1.91. The van der Waals surface area contributed by atoms with E-state index in [4.69, 9.17) is 10.5 Å². The molecule has 0 aliphatic heterocycles. The first kappa shape index (κ1) is 13.3. The van der Waals surface area contributed by atoms with Gasteiger partial charge in [-0.1, -0.05) is 6.07 Å². The Morgan fingerprint density at radius 1 is 1.37 bits per heavy atom. The molecule has 0 spiro atoms. The van der Waals surface area contributed by atoms with E-state index in [2.05, 4.69) is 9.97 Å². The van der Waals surface area contributed by atoms with Crippen LogP contribution in [0.2, 0.25) is 0 Å². The second-order valence-electron chi connectivity index (χ2n) is 4.32. The molecule has 3 N–H and O–H groups in total. The molecule has 0 unspecified atom stereocenters. The number of nitrogens with two attached hydrogens (primary N) is 1. The molecule has 0 amide bonds. The van der Waals surface area contributed by atoms with Gasteiger partial charge in [-0.2, -0.15) is 0 Å². The summed E-state index contributed by atoms with van der Waals surface area (Å²) in [7, 11) is 1.60. The van der Waals surface area contributed by atoms with Gasteiger partial charge in [0.2, 0.25) is 0 Å². The maximum atomic E-state index is 11.6. The topological polar surface area (TPSA) is 81.0 Å². The lowest BCUT2D eigenvalue weighted by Crippen LogP contribution is -2.14. The van der Waals surface area contributed by atoms with Gasteiger partial charge in [0.25, 0.3) is 5.56 Å². The fraction of sp³-hybridized carbons (Fsp3) is 0.286. The van der Waals surface area contributed by atoms with Gasteiger partial charge in [-0.15, -0.1) is 0 Å². The molecule has 0 saturated carbocycles. The van der Waals surface area contributed by atoms with Crippen molar-refractivity contribution in [3.8, 4) is 17.0 Å². The van der Waals surface area contributed by atoms with Gasteiger partial charge in [0.05, 0.1) is 12.8 Å². The van der Waals surface area contributed by atoms with Crippen LogP contribution < -0.4 is 16.0 Å². The summed E-state index contributed by atoms with van der Waals surface area (Å²) in [4.78, 5) is 18.7. The number of aryl methyl sites for hydroxylation is 1. The van der Waals surface area contributed by atoms with E-state index in [1.165, 1.54) is 6.07 Å². The molecule has 19 heavy (non-hydrogen) atoms. The second-order valence-corrected chi connectivity index (χ2v) is 4.32. The van der Waals surface area contributed by atoms with Crippen LogP contribution in [0.4, 0.5) is 0 Å². The minimum atomic E-state index is -0.184. The highest BCUT2D eigenvalue weighted by molar-refractivity contribution is 5.67. The van der Waals surface area contributed by atoms with Crippen molar-refractivity contribution >= 4 is 0 Å². The molecule has 0 aliphatic rings. The molecular weight excluding hydrogens is 242 g/mol. The molecule has 0 atom stereocenters. The van der Waals surface area contributed by atoms with Crippen molar-refractivity contribution in [2.75, 3.05) is 13.7 Å². The molecule has 0 fully saturated rings. The van der Waals surface area contributed by atoms with Gasteiger partial charge in [-0.25, -0.2) is 4.98 Å². The largest absolute Gasteiger partial charge is 0.496 e. The zero-order valence-corrected chi connectivity index (χ0v) is 11.1. The number of hydrogen-bond acceptors (Lipinski definition) is 4. The minimum Gasteiger partial charge on any atom is -0.496 e. The first-order valence-corrected chi connectivity index (χ1v) is 6.09. The van der Waals surface area contributed by atoms with E-state index in [0.717, 1.165) is 11.1 Å². The van der Waals surface area contributed by atoms with Crippen molar-refractivity contribution in [2.24, 2.45) is 5.73 Å². The molecular formula is C14H17N3O2. The summed E-state index contributed by atoms with van der Waals surface area (Å²) in [6.07, 6.45) is 0.539. The standard InChI is InChI=1S/C14H17N3O2/c1-9-3-4-10(12(7-9)19-2)11-8-14(18)17-13(16-11)5-6-15/h3-4,7-8H,5-6,15H2,1-2H3,(H,16,17,18). The van der Waals surface area contributed by atoms with E-state index in [9.17, 15) is 4.79 Å². The van der Waals surface area contributed by atoms with E-state index in [0.29, 0.717) is 30.2 Å². The Morgan fingerprint density at radius 3 is 2.84 bits per heavy atom. The van der Waals surface area contributed by atoms with Crippen molar-refractivity contribution < 1.29 is 4.74 Å². The lowest BCUT2D eigenvalue weighted by Gasteiger charge is -2.09. The highest BCUT2D eigenvalue weighted by atomic mass is 16.5. The number of benzene rings is 1. The average Bonchev–Trinajstić information content (AvgIpc) is 2.38. The van der Waals surface area contributed by atoms with E-state index in [-0.39, 0.29) is 5.56 Å². The lowest BCUT2D eigenvalue weighted by atomic mass is 10.1. The van der Waals surface area contributed by atoms with E-state index < -0.39 is 0 Å². The fourth-order valence-corrected chi connectivity index (χ4v) is 1.91. The highest BCUT2D eigenvalue weighted by Crippen LogP contribution is 2.28. The first-order chi connectivity index (χ1) is 9.13. The predicted octanol–water partition coefficient (Wildman–Crippen LogP) is 1.26.